The monoisotopic (exact) mass is 262 g/mol. The predicted octanol–water partition coefficient (Wildman–Crippen LogP) is 3.01. The molecule has 1 aromatic carbocycles. The first-order valence-corrected chi connectivity index (χ1v) is 5.93. The molecule has 0 aliphatic heterocycles. The van der Waals surface area contributed by atoms with Crippen molar-refractivity contribution in [1.82, 2.24) is 4.57 Å². The van der Waals surface area contributed by atoms with Gasteiger partial charge >= 0.3 is 5.97 Å². The zero-order chi connectivity index (χ0) is 14.0. The van der Waals surface area contributed by atoms with Gasteiger partial charge in [0.2, 0.25) is 0 Å². The Bertz CT molecular complexity index is 605. The van der Waals surface area contributed by atoms with Crippen molar-refractivity contribution in [3.8, 4) is 5.75 Å². The van der Waals surface area contributed by atoms with Crippen molar-refractivity contribution in [2.45, 2.75) is 19.9 Å². The lowest BCUT2D eigenvalue weighted by molar-refractivity contribution is 0.0735. The lowest BCUT2D eigenvalue weighted by Gasteiger charge is -2.10. The minimum atomic E-state index is -0.595. The van der Waals surface area contributed by atoms with Gasteiger partial charge in [-0.15, -0.1) is 0 Å². The number of hydrogen-bond donors (Lipinski definition) is 1. The molecule has 5 heteroatoms. The van der Waals surface area contributed by atoms with E-state index in [9.17, 15) is 9.18 Å². The summed E-state index contributed by atoms with van der Waals surface area (Å²) in [6.45, 7) is 3.91. The molecule has 100 valence electrons. The summed E-state index contributed by atoms with van der Waals surface area (Å²) in [6.07, 6.45) is 1.72. The first kappa shape index (κ1) is 13.1. The van der Waals surface area contributed by atoms with Crippen LogP contribution in [0.15, 0.2) is 36.5 Å². The van der Waals surface area contributed by atoms with E-state index < -0.39 is 11.8 Å². The van der Waals surface area contributed by atoms with Gasteiger partial charge in [-0.1, -0.05) is 6.07 Å². The van der Waals surface area contributed by atoms with Crippen molar-refractivity contribution in [3.05, 3.63) is 47.9 Å². The van der Waals surface area contributed by atoms with E-state index in [0.29, 0.717) is 5.82 Å². The van der Waals surface area contributed by atoms with Crippen LogP contribution in [0.2, 0.25) is 0 Å². The average Bonchev–Trinajstić information content (AvgIpc) is 2.71. The minimum absolute atomic E-state index is 0.149. The van der Waals surface area contributed by atoms with Gasteiger partial charge in [-0.2, -0.15) is 0 Å². The van der Waals surface area contributed by atoms with Crippen molar-refractivity contribution in [2.75, 3.05) is 5.73 Å². The van der Waals surface area contributed by atoms with E-state index in [1.54, 1.807) is 16.8 Å². The Hall–Kier alpha value is -2.30. The molecule has 2 aromatic rings. The molecule has 0 unspecified atom stereocenters. The van der Waals surface area contributed by atoms with Gasteiger partial charge in [0.15, 0.2) is 0 Å². The number of carbonyl (C=O) groups excluding carboxylic acids is 1. The third kappa shape index (κ3) is 2.76. The summed E-state index contributed by atoms with van der Waals surface area (Å²) >= 11 is 0. The summed E-state index contributed by atoms with van der Waals surface area (Å²) in [5.74, 6) is -0.557. The van der Waals surface area contributed by atoms with Gasteiger partial charge in [-0.05, 0) is 32.0 Å². The number of rotatable bonds is 3. The fraction of sp³-hybridized carbons (Fsp3) is 0.214. The zero-order valence-corrected chi connectivity index (χ0v) is 10.8. The molecule has 0 atom stereocenters. The van der Waals surface area contributed by atoms with E-state index in [1.165, 1.54) is 18.2 Å². The number of ether oxygens (including phenoxy) is 1. The summed E-state index contributed by atoms with van der Waals surface area (Å²) in [6, 6.07) is 7.15. The second kappa shape index (κ2) is 5.14. The highest BCUT2D eigenvalue weighted by molar-refractivity contribution is 5.95. The summed E-state index contributed by atoms with van der Waals surface area (Å²) in [4.78, 5) is 11.9. The Kier molecular flexibility index (Phi) is 3.55. The predicted molar refractivity (Wildman–Crippen MR) is 70.6 cm³/mol. The van der Waals surface area contributed by atoms with Crippen LogP contribution in [-0.4, -0.2) is 10.5 Å². The van der Waals surface area contributed by atoms with E-state index in [4.69, 9.17) is 10.5 Å². The molecular formula is C14H15FN2O2. The molecule has 0 amide bonds. The highest BCUT2D eigenvalue weighted by atomic mass is 19.1. The number of carbonyl (C=O) groups is 1. The molecule has 0 radical (unpaired) electrons. The smallest absolute Gasteiger partial charge is 0.347 e. The maximum absolute atomic E-state index is 13.0. The highest BCUT2D eigenvalue weighted by Gasteiger charge is 2.17. The molecule has 2 rings (SSSR count). The molecule has 0 spiro atoms. The van der Waals surface area contributed by atoms with E-state index in [-0.39, 0.29) is 17.4 Å². The van der Waals surface area contributed by atoms with Crippen LogP contribution in [0.25, 0.3) is 0 Å². The minimum Gasteiger partial charge on any atom is -0.423 e. The maximum Gasteiger partial charge on any atom is 0.347 e. The average molecular weight is 262 g/mol. The standard InChI is InChI=1S/C14H15FN2O2/c1-9(2)17-7-6-12(13(17)16)14(18)19-11-5-3-4-10(15)8-11/h3-9H,16H2,1-2H3. The van der Waals surface area contributed by atoms with Crippen molar-refractivity contribution >= 4 is 11.8 Å². The van der Waals surface area contributed by atoms with Crippen LogP contribution in [0.1, 0.15) is 30.2 Å². The normalized spacial score (nSPS) is 10.7. The van der Waals surface area contributed by atoms with Gasteiger partial charge in [0.05, 0.1) is 0 Å². The van der Waals surface area contributed by atoms with E-state index in [0.717, 1.165) is 6.07 Å². The van der Waals surface area contributed by atoms with Crippen molar-refractivity contribution in [2.24, 2.45) is 0 Å². The topological polar surface area (TPSA) is 57.2 Å². The summed E-state index contributed by atoms with van der Waals surface area (Å²) < 4.78 is 19.8. The largest absolute Gasteiger partial charge is 0.423 e. The molecule has 1 heterocycles. The molecule has 0 aliphatic carbocycles. The third-order valence-corrected chi connectivity index (χ3v) is 2.74. The molecule has 0 fully saturated rings. The Morgan fingerprint density at radius 1 is 1.37 bits per heavy atom. The van der Waals surface area contributed by atoms with Crippen LogP contribution in [0.4, 0.5) is 10.2 Å². The molecule has 0 saturated carbocycles. The summed E-state index contributed by atoms with van der Waals surface area (Å²) in [7, 11) is 0. The quantitative estimate of drug-likeness (QED) is 0.683. The molecule has 0 aliphatic rings. The van der Waals surface area contributed by atoms with E-state index in [2.05, 4.69) is 0 Å². The zero-order valence-electron chi connectivity index (χ0n) is 10.8. The number of benzene rings is 1. The Labute approximate surface area is 110 Å². The molecule has 19 heavy (non-hydrogen) atoms. The lowest BCUT2D eigenvalue weighted by Crippen LogP contribution is -2.12. The Balaban J connectivity index is 2.21. The number of nitrogen functional groups attached to an aromatic ring is 1. The fourth-order valence-electron chi connectivity index (χ4n) is 1.78. The van der Waals surface area contributed by atoms with Crippen molar-refractivity contribution < 1.29 is 13.9 Å². The molecular weight excluding hydrogens is 247 g/mol. The summed E-state index contributed by atoms with van der Waals surface area (Å²) in [5.41, 5.74) is 6.15. The second-order valence-corrected chi connectivity index (χ2v) is 4.46. The molecule has 1 aromatic heterocycles. The Morgan fingerprint density at radius 2 is 2.11 bits per heavy atom. The number of aromatic nitrogens is 1. The van der Waals surface area contributed by atoms with Crippen LogP contribution in [0.5, 0.6) is 5.75 Å². The van der Waals surface area contributed by atoms with Crippen LogP contribution in [0, 0.1) is 5.82 Å². The second-order valence-electron chi connectivity index (χ2n) is 4.46. The highest BCUT2D eigenvalue weighted by Crippen LogP contribution is 2.21. The lowest BCUT2D eigenvalue weighted by atomic mass is 10.3. The number of nitrogens with zero attached hydrogens (tertiary/aromatic N) is 1. The van der Waals surface area contributed by atoms with Crippen LogP contribution in [0.3, 0.4) is 0 Å². The van der Waals surface area contributed by atoms with Crippen LogP contribution < -0.4 is 10.5 Å². The van der Waals surface area contributed by atoms with Gasteiger partial charge in [0, 0.05) is 18.3 Å². The van der Waals surface area contributed by atoms with Crippen molar-refractivity contribution in [3.63, 3.8) is 0 Å². The third-order valence-electron chi connectivity index (χ3n) is 2.74. The first-order chi connectivity index (χ1) is 8.99. The van der Waals surface area contributed by atoms with Crippen LogP contribution >= 0.6 is 0 Å². The van der Waals surface area contributed by atoms with E-state index in [1.807, 2.05) is 13.8 Å². The number of esters is 1. The number of halogens is 1. The number of anilines is 1. The fourth-order valence-corrected chi connectivity index (χ4v) is 1.78. The first-order valence-electron chi connectivity index (χ1n) is 5.93. The number of hydrogen-bond acceptors (Lipinski definition) is 3. The van der Waals surface area contributed by atoms with Gasteiger partial charge < -0.3 is 15.0 Å². The van der Waals surface area contributed by atoms with Gasteiger partial charge in [-0.3, -0.25) is 0 Å². The van der Waals surface area contributed by atoms with Crippen LogP contribution in [-0.2, 0) is 0 Å². The van der Waals surface area contributed by atoms with Gasteiger partial charge in [0.1, 0.15) is 22.9 Å². The van der Waals surface area contributed by atoms with Gasteiger partial charge in [0.25, 0.3) is 0 Å². The summed E-state index contributed by atoms with van der Waals surface area (Å²) in [5, 5.41) is 0. The molecule has 4 nitrogen and oxygen atoms in total. The Morgan fingerprint density at radius 3 is 2.68 bits per heavy atom. The molecule has 2 N–H and O–H groups in total. The maximum atomic E-state index is 13.0. The SMILES string of the molecule is CC(C)n1ccc(C(=O)Oc2cccc(F)c2)c1N. The van der Waals surface area contributed by atoms with E-state index >= 15 is 0 Å². The van der Waals surface area contributed by atoms with Crippen molar-refractivity contribution in [1.29, 1.82) is 0 Å². The molecule has 0 saturated heterocycles. The number of nitrogens with two attached hydrogens (primary N) is 1. The molecule has 0 bridgehead atoms. The van der Waals surface area contributed by atoms with Gasteiger partial charge in [-0.25, -0.2) is 9.18 Å².